The number of esters is 1. The highest BCUT2D eigenvalue weighted by Crippen LogP contribution is 2.28. The van der Waals surface area contributed by atoms with Crippen molar-refractivity contribution in [1.29, 1.82) is 0 Å². The van der Waals surface area contributed by atoms with Crippen LogP contribution < -0.4 is 5.73 Å². The van der Waals surface area contributed by atoms with Gasteiger partial charge in [0.2, 0.25) is 10.0 Å². The molecule has 1 heterocycles. The first kappa shape index (κ1) is 16.9. The van der Waals surface area contributed by atoms with Crippen LogP contribution in [0.1, 0.15) is 29.6 Å². The first-order valence-electron chi connectivity index (χ1n) is 7.01. The second-order valence-corrected chi connectivity index (χ2v) is 6.99. The number of piperidine rings is 1. The number of carbonyl (C=O) groups excluding carboxylic acids is 1. The zero-order valence-electron chi connectivity index (χ0n) is 12.3. The Morgan fingerprint density at radius 2 is 2.18 bits per heavy atom. The van der Waals surface area contributed by atoms with Gasteiger partial charge in [-0.1, -0.05) is 6.42 Å². The number of carbonyl (C=O) groups is 1. The molecule has 1 unspecified atom stereocenters. The molecule has 1 saturated heterocycles. The second-order valence-electron chi connectivity index (χ2n) is 5.13. The summed E-state index contributed by atoms with van der Waals surface area (Å²) in [6, 6.07) is 2.66. The van der Waals surface area contributed by atoms with Crippen LogP contribution in [-0.2, 0) is 14.8 Å². The van der Waals surface area contributed by atoms with Crippen molar-refractivity contribution in [3.8, 4) is 0 Å². The standard InChI is InChI=1S/C14H19FN2O4S/c1-21-14(18)12-6-5-10(15)8-13(12)22(19,20)17-7-3-2-4-11(17)9-16/h5-6,8,11H,2-4,7,9,16H2,1H3. The summed E-state index contributed by atoms with van der Waals surface area (Å²) < 4.78 is 45.1. The van der Waals surface area contributed by atoms with Gasteiger partial charge in [0, 0.05) is 19.1 Å². The van der Waals surface area contributed by atoms with Crippen molar-refractivity contribution in [3.05, 3.63) is 29.6 Å². The second kappa shape index (κ2) is 6.72. The molecule has 0 amide bonds. The van der Waals surface area contributed by atoms with Crippen LogP contribution in [0.15, 0.2) is 23.1 Å². The number of methoxy groups -OCH3 is 1. The third-order valence-electron chi connectivity index (χ3n) is 3.78. The monoisotopic (exact) mass is 330 g/mol. The molecule has 0 aromatic heterocycles. The number of halogens is 1. The fourth-order valence-corrected chi connectivity index (χ4v) is 4.54. The number of nitrogens with zero attached hydrogens (tertiary/aromatic N) is 1. The van der Waals surface area contributed by atoms with Crippen LogP contribution in [0.4, 0.5) is 4.39 Å². The third kappa shape index (κ3) is 3.13. The van der Waals surface area contributed by atoms with Crippen molar-refractivity contribution in [1.82, 2.24) is 4.31 Å². The summed E-state index contributed by atoms with van der Waals surface area (Å²) in [6.07, 6.45) is 2.25. The molecule has 1 aliphatic heterocycles. The van der Waals surface area contributed by atoms with E-state index >= 15 is 0 Å². The molecule has 0 aliphatic carbocycles. The summed E-state index contributed by atoms with van der Waals surface area (Å²) in [5.74, 6) is -1.55. The summed E-state index contributed by atoms with van der Waals surface area (Å²) in [4.78, 5) is 11.4. The molecule has 0 radical (unpaired) electrons. The molecule has 1 aliphatic rings. The number of rotatable bonds is 4. The van der Waals surface area contributed by atoms with Crippen LogP contribution >= 0.6 is 0 Å². The molecular formula is C14H19FN2O4S. The van der Waals surface area contributed by atoms with Gasteiger partial charge in [-0.3, -0.25) is 0 Å². The number of hydrogen-bond donors (Lipinski definition) is 1. The molecule has 2 N–H and O–H groups in total. The summed E-state index contributed by atoms with van der Waals surface area (Å²) in [7, 11) is -2.87. The molecule has 1 atom stereocenters. The average Bonchev–Trinajstić information content (AvgIpc) is 2.54. The van der Waals surface area contributed by atoms with Crippen LogP contribution in [0.3, 0.4) is 0 Å². The SMILES string of the molecule is COC(=O)c1ccc(F)cc1S(=O)(=O)N1CCCCC1CN. The molecule has 2 rings (SSSR count). The van der Waals surface area contributed by atoms with E-state index in [9.17, 15) is 17.6 Å². The van der Waals surface area contributed by atoms with Crippen LogP contribution in [0.2, 0.25) is 0 Å². The van der Waals surface area contributed by atoms with E-state index in [0.29, 0.717) is 19.4 Å². The Morgan fingerprint density at radius 3 is 2.82 bits per heavy atom. The predicted octanol–water partition coefficient (Wildman–Crippen LogP) is 1.11. The zero-order valence-corrected chi connectivity index (χ0v) is 13.1. The summed E-state index contributed by atoms with van der Waals surface area (Å²) in [5, 5.41) is 0. The van der Waals surface area contributed by atoms with Crippen LogP contribution in [0.25, 0.3) is 0 Å². The van der Waals surface area contributed by atoms with E-state index < -0.39 is 21.8 Å². The van der Waals surface area contributed by atoms with Gasteiger partial charge in [0.05, 0.1) is 17.6 Å². The van der Waals surface area contributed by atoms with Gasteiger partial charge >= 0.3 is 5.97 Å². The minimum Gasteiger partial charge on any atom is -0.465 e. The van der Waals surface area contributed by atoms with E-state index in [2.05, 4.69) is 4.74 Å². The van der Waals surface area contributed by atoms with Gasteiger partial charge in [-0.25, -0.2) is 17.6 Å². The first-order chi connectivity index (χ1) is 10.4. The Hall–Kier alpha value is -1.51. The van der Waals surface area contributed by atoms with Crippen molar-refractivity contribution >= 4 is 16.0 Å². The minimum absolute atomic E-state index is 0.176. The highest BCUT2D eigenvalue weighted by Gasteiger charge is 2.35. The molecule has 6 nitrogen and oxygen atoms in total. The Bertz CT molecular complexity index is 663. The van der Waals surface area contributed by atoms with E-state index in [1.54, 1.807) is 0 Å². The van der Waals surface area contributed by atoms with Gasteiger partial charge in [-0.2, -0.15) is 4.31 Å². The van der Waals surface area contributed by atoms with Crippen LogP contribution in [0.5, 0.6) is 0 Å². The van der Waals surface area contributed by atoms with Crippen LogP contribution in [0, 0.1) is 5.82 Å². The number of sulfonamides is 1. The molecule has 8 heteroatoms. The number of hydrogen-bond acceptors (Lipinski definition) is 5. The van der Waals surface area contributed by atoms with Gasteiger partial charge < -0.3 is 10.5 Å². The van der Waals surface area contributed by atoms with Gasteiger partial charge in [0.25, 0.3) is 0 Å². The van der Waals surface area contributed by atoms with Crippen molar-refractivity contribution in [2.45, 2.75) is 30.2 Å². The Kier molecular flexibility index (Phi) is 5.15. The fourth-order valence-electron chi connectivity index (χ4n) is 2.64. The number of ether oxygens (including phenoxy) is 1. The molecule has 1 aromatic rings. The van der Waals surface area contributed by atoms with E-state index in [-0.39, 0.29) is 23.0 Å². The third-order valence-corrected chi connectivity index (χ3v) is 5.77. The van der Waals surface area contributed by atoms with Crippen molar-refractivity contribution in [3.63, 3.8) is 0 Å². The highest BCUT2D eigenvalue weighted by molar-refractivity contribution is 7.89. The number of benzene rings is 1. The summed E-state index contributed by atoms with van der Waals surface area (Å²) in [6.45, 7) is 0.490. The maximum Gasteiger partial charge on any atom is 0.339 e. The lowest BCUT2D eigenvalue weighted by molar-refractivity contribution is 0.0596. The summed E-state index contributed by atoms with van der Waals surface area (Å²) in [5.41, 5.74) is 5.47. The van der Waals surface area contributed by atoms with Gasteiger partial charge in [0.15, 0.2) is 0 Å². The predicted molar refractivity (Wildman–Crippen MR) is 78.3 cm³/mol. The highest BCUT2D eigenvalue weighted by atomic mass is 32.2. The lowest BCUT2D eigenvalue weighted by atomic mass is 10.1. The van der Waals surface area contributed by atoms with Crippen molar-refractivity contribution in [2.24, 2.45) is 5.73 Å². The molecule has 0 saturated carbocycles. The van der Waals surface area contributed by atoms with E-state index in [1.165, 1.54) is 4.31 Å². The van der Waals surface area contributed by atoms with E-state index in [4.69, 9.17) is 5.73 Å². The van der Waals surface area contributed by atoms with Crippen molar-refractivity contribution < 1.29 is 22.3 Å². The van der Waals surface area contributed by atoms with Crippen LogP contribution in [-0.4, -0.2) is 44.9 Å². The Morgan fingerprint density at radius 1 is 1.45 bits per heavy atom. The summed E-state index contributed by atoms with van der Waals surface area (Å²) >= 11 is 0. The first-order valence-corrected chi connectivity index (χ1v) is 8.45. The largest absolute Gasteiger partial charge is 0.465 e. The molecule has 0 spiro atoms. The Balaban J connectivity index is 2.53. The minimum atomic E-state index is -4.02. The maximum absolute atomic E-state index is 13.5. The average molecular weight is 330 g/mol. The zero-order chi connectivity index (χ0) is 16.3. The molecular weight excluding hydrogens is 311 g/mol. The maximum atomic E-state index is 13.5. The van der Waals surface area contributed by atoms with Crippen molar-refractivity contribution in [2.75, 3.05) is 20.2 Å². The van der Waals surface area contributed by atoms with Gasteiger partial charge in [-0.15, -0.1) is 0 Å². The molecule has 122 valence electrons. The number of nitrogens with two attached hydrogens (primary N) is 1. The van der Waals surface area contributed by atoms with E-state index in [0.717, 1.165) is 31.7 Å². The molecule has 1 aromatic carbocycles. The molecule has 22 heavy (non-hydrogen) atoms. The molecule has 0 bridgehead atoms. The fraction of sp³-hybridized carbons (Fsp3) is 0.500. The topological polar surface area (TPSA) is 89.7 Å². The van der Waals surface area contributed by atoms with Gasteiger partial charge in [-0.05, 0) is 31.0 Å². The lowest BCUT2D eigenvalue weighted by Gasteiger charge is -2.34. The van der Waals surface area contributed by atoms with Gasteiger partial charge in [0.1, 0.15) is 5.82 Å². The Labute approximate surface area is 129 Å². The quantitative estimate of drug-likeness (QED) is 0.836. The lowest BCUT2D eigenvalue weighted by Crippen LogP contribution is -2.47. The molecule has 1 fully saturated rings. The normalized spacial score (nSPS) is 19.9. The smallest absolute Gasteiger partial charge is 0.339 e. The van der Waals surface area contributed by atoms with E-state index in [1.807, 2.05) is 0 Å².